The summed E-state index contributed by atoms with van der Waals surface area (Å²) in [4.78, 5) is 0. The van der Waals surface area contributed by atoms with E-state index in [9.17, 15) is 8.42 Å². The molecule has 1 aromatic carbocycles. The second-order valence-corrected chi connectivity index (χ2v) is 7.92. The lowest BCUT2D eigenvalue weighted by Crippen LogP contribution is -2.43. The van der Waals surface area contributed by atoms with Gasteiger partial charge in [-0.25, -0.2) is 0 Å². The van der Waals surface area contributed by atoms with Crippen molar-refractivity contribution in [2.24, 2.45) is 5.92 Å². The van der Waals surface area contributed by atoms with Gasteiger partial charge in [0.05, 0.1) is 12.3 Å². The van der Waals surface area contributed by atoms with Crippen molar-refractivity contribution in [2.45, 2.75) is 6.42 Å². The highest BCUT2D eigenvalue weighted by Gasteiger charge is 2.30. The molecule has 1 aliphatic rings. The summed E-state index contributed by atoms with van der Waals surface area (Å²) in [6.45, 7) is 1.75. The summed E-state index contributed by atoms with van der Waals surface area (Å²) in [5, 5.41) is 0. The number of hydrogen-bond acceptors (Lipinski definition) is 3. The van der Waals surface area contributed by atoms with Crippen LogP contribution in [-0.4, -0.2) is 46.6 Å². The Balaban J connectivity index is 2.36. The van der Waals surface area contributed by atoms with Crippen LogP contribution in [0.15, 0.2) is 28.7 Å². The Morgan fingerprint density at radius 1 is 1.35 bits per heavy atom. The van der Waals surface area contributed by atoms with Crippen LogP contribution in [0.2, 0.25) is 0 Å². The molecular formula is C13H19BrN2O3S. The Morgan fingerprint density at radius 3 is 2.60 bits per heavy atom. The molecule has 0 bridgehead atoms. The highest BCUT2D eigenvalue weighted by molar-refractivity contribution is 9.10. The highest BCUT2D eigenvalue weighted by Crippen LogP contribution is 2.30. The first-order valence-electron chi connectivity index (χ1n) is 6.45. The fraction of sp³-hybridized carbons (Fsp3) is 0.538. The molecule has 5 nitrogen and oxygen atoms in total. The minimum atomic E-state index is -3.52. The number of hydrogen-bond donors (Lipinski definition) is 0. The van der Waals surface area contributed by atoms with Crippen LogP contribution in [0.1, 0.15) is 6.42 Å². The van der Waals surface area contributed by atoms with Crippen LogP contribution in [0, 0.1) is 5.92 Å². The SMILES string of the molecule is CN(C)S(=O)(=O)N(CC1CCOC1)c1ccccc1Br. The quantitative estimate of drug-likeness (QED) is 0.805. The predicted molar refractivity (Wildman–Crippen MR) is 83.0 cm³/mol. The van der Waals surface area contributed by atoms with Crippen LogP contribution in [0.25, 0.3) is 0 Å². The lowest BCUT2D eigenvalue weighted by Gasteiger charge is -2.30. The third-order valence-electron chi connectivity index (χ3n) is 3.31. The van der Waals surface area contributed by atoms with Crippen LogP contribution in [-0.2, 0) is 14.9 Å². The second-order valence-electron chi connectivity index (χ2n) is 5.00. The van der Waals surface area contributed by atoms with Crippen LogP contribution < -0.4 is 4.31 Å². The van der Waals surface area contributed by atoms with Gasteiger partial charge in [-0.15, -0.1) is 0 Å². The molecule has 7 heteroatoms. The molecule has 1 fully saturated rings. The molecule has 1 heterocycles. The molecule has 0 N–H and O–H groups in total. The van der Waals surface area contributed by atoms with E-state index in [-0.39, 0.29) is 5.92 Å². The van der Waals surface area contributed by atoms with Gasteiger partial charge in [-0.2, -0.15) is 12.7 Å². The van der Waals surface area contributed by atoms with E-state index in [1.165, 1.54) is 8.61 Å². The van der Waals surface area contributed by atoms with Crippen molar-refractivity contribution in [3.05, 3.63) is 28.7 Å². The molecule has 0 aromatic heterocycles. The van der Waals surface area contributed by atoms with Crippen molar-refractivity contribution in [1.82, 2.24) is 4.31 Å². The lowest BCUT2D eigenvalue weighted by molar-refractivity contribution is 0.187. The van der Waals surface area contributed by atoms with Crippen LogP contribution in [0.3, 0.4) is 0 Å². The van der Waals surface area contributed by atoms with Gasteiger partial charge in [0, 0.05) is 37.6 Å². The number of nitrogens with zero attached hydrogens (tertiary/aromatic N) is 2. The highest BCUT2D eigenvalue weighted by atomic mass is 79.9. The molecule has 1 saturated heterocycles. The van der Waals surface area contributed by atoms with Gasteiger partial charge in [-0.3, -0.25) is 4.31 Å². The average molecular weight is 363 g/mol. The minimum Gasteiger partial charge on any atom is -0.381 e. The van der Waals surface area contributed by atoms with Crippen molar-refractivity contribution < 1.29 is 13.2 Å². The molecule has 0 aliphatic carbocycles. The normalized spacial score (nSPS) is 19.5. The average Bonchev–Trinajstić information content (AvgIpc) is 2.89. The molecule has 1 aliphatic heterocycles. The number of halogens is 1. The van der Waals surface area contributed by atoms with E-state index >= 15 is 0 Å². The van der Waals surface area contributed by atoms with Gasteiger partial charge in [-0.1, -0.05) is 12.1 Å². The van der Waals surface area contributed by atoms with Gasteiger partial charge in [0.25, 0.3) is 0 Å². The van der Waals surface area contributed by atoms with Crippen LogP contribution in [0.4, 0.5) is 5.69 Å². The number of anilines is 1. The Morgan fingerprint density at radius 2 is 2.05 bits per heavy atom. The molecule has 1 unspecified atom stereocenters. The summed E-state index contributed by atoms with van der Waals surface area (Å²) < 4.78 is 33.9. The largest absolute Gasteiger partial charge is 0.381 e. The molecule has 2 rings (SSSR count). The van der Waals surface area contributed by atoms with Gasteiger partial charge >= 0.3 is 10.2 Å². The molecule has 1 atom stereocenters. The fourth-order valence-corrected chi connectivity index (χ4v) is 3.95. The molecule has 112 valence electrons. The van der Waals surface area contributed by atoms with E-state index in [0.717, 1.165) is 10.9 Å². The van der Waals surface area contributed by atoms with Gasteiger partial charge in [-0.05, 0) is 34.5 Å². The fourth-order valence-electron chi connectivity index (χ4n) is 2.13. The summed E-state index contributed by atoms with van der Waals surface area (Å²) in [5.41, 5.74) is 0.660. The van der Waals surface area contributed by atoms with Crippen molar-refractivity contribution in [1.29, 1.82) is 0 Å². The molecule has 0 saturated carbocycles. The third kappa shape index (κ3) is 3.33. The topological polar surface area (TPSA) is 49.9 Å². The monoisotopic (exact) mass is 362 g/mol. The molecular weight excluding hydrogens is 344 g/mol. The van der Waals surface area contributed by atoms with Crippen LogP contribution >= 0.6 is 15.9 Å². The molecule has 20 heavy (non-hydrogen) atoms. The first kappa shape index (κ1) is 15.8. The van der Waals surface area contributed by atoms with E-state index in [0.29, 0.717) is 25.4 Å². The van der Waals surface area contributed by atoms with Crippen molar-refractivity contribution in [3.8, 4) is 0 Å². The standard InChI is InChI=1S/C13H19BrN2O3S/c1-15(2)20(17,18)16(9-11-7-8-19-10-11)13-6-4-3-5-12(13)14/h3-6,11H,7-10H2,1-2H3. The maximum absolute atomic E-state index is 12.6. The van der Waals surface area contributed by atoms with Crippen molar-refractivity contribution in [2.75, 3.05) is 38.2 Å². The molecule has 1 aromatic rings. The predicted octanol–water partition coefficient (Wildman–Crippen LogP) is 2.10. The Labute approximate surface area is 128 Å². The summed E-state index contributed by atoms with van der Waals surface area (Å²) in [5.74, 6) is 0.233. The van der Waals surface area contributed by atoms with E-state index in [2.05, 4.69) is 15.9 Å². The van der Waals surface area contributed by atoms with Gasteiger partial charge in [0.15, 0.2) is 0 Å². The smallest absolute Gasteiger partial charge is 0.303 e. The Kier molecular flexibility index (Phi) is 5.06. The van der Waals surface area contributed by atoms with Gasteiger partial charge in [0.1, 0.15) is 0 Å². The zero-order chi connectivity index (χ0) is 14.8. The van der Waals surface area contributed by atoms with Crippen molar-refractivity contribution >= 4 is 31.8 Å². The zero-order valence-corrected chi connectivity index (χ0v) is 14.0. The lowest BCUT2D eigenvalue weighted by atomic mass is 10.1. The Bertz CT molecular complexity index is 556. The van der Waals surface area contributed by atoms with E-state index in [1.807, 2.05) is 18.2 Å². The maximum atomic E-state index is 12.6. The zero-order valence-electron chi connectivity index (χ0n) is 11.6. The first-order valence-corrected chi connectivity index (χ1v) is 8.64. The number of rotatable bonds is 5. The number of benzene rings is 1. The summed E-state index contributed by atoms with van der Waals surface area (Å²) in [6.07, 6.45) is 0.893. The summed E-state index contributed by atoms with van der Waals surface area (Å²) in [6, 6.07) is 7.36. The first-order chi connectivity index (χ1) is 9.43. The van der Waals surface area contributed by atoms with E-state index in [4.69, 9.17) is 4.74 Å². The Hall–Kier alpha value is -0.630. The number of ether oxygens (including phenoxy) is 1. The minimum absolute atomic E-state index is 0.233. The van der Waals surface area contributed by atoms with Crippen LogP contribution in [0.5, 0.6) is 0 Å². The van der Waals surface area contributed by atoms with Gasteiger partial charge < -0.3 is 4.74 Å². The maximum Gasteiger partial charge on any atom is 0.303 e. The molecule has 0 spiro atoms. The summed E-state index contributed by atoms with van der Waals surface area (Å²) in [7, 11) is -0.429. The number of para-hydroxylation sites is 1. The molecule has 0 radical (unpaired) electrons. The van der Waals surface area contributed by atoms with E-state index < -0.39 is 10.2 Å². The summed E-state index contributed by atoms with van der Waals surface area (Å²) >= 11 is 3.43. The van der Waals surface area contributed by atoms with Crippen molar-refractivity contribution in [3.63, 3.8) is 0 Å². The molecule has 0 amide bonds. The second kappa shape index (κ2) is 6.43. The third-order valence-corrected chi connectivity index (χ3v) is 5.81. The van der Waals surface area contributed by atoms with Gasteiger partial charge in [0.2, 0.25) is 0 Å². The van der Waals surface area contributed by atoms with E-state index in [1.54, 1.807) is 20.2 Å².